The van der Waals surface area contributed by atoms with Crippen LogP contribution in [0.4, 0.5) is 0 Å². The Morgan fingerprint density at radius 3 is 2.56 bits per heavy atom. The quantitative estimate of drug-likeness (QED) is 0.662. The third-order valence-electron chi connectivity index (χ3n) is 2.64. The van der Waals surface area contributed by atoms with Crippen molar-refractivity contribution in [3.05, 3.63) is 72.8 Å². The van der Waals surface area contributed by atoms with Gasteiger partial charge in [-0.05, 0) is 40.8 Å². The Kier molecular flexibility index (Phi) is 3.21. The van der Waals surface area contributed by atoms with Gasteiger partial charge in [0.2, 0.25) is 0 Å². The molecule has 0 saturated heterocycles. The largest absolute Gasteiger partial charge is 0.103 e. The van der Waals surface area contributed by atoms with E-state index < -0.39 is 0 Å². The van der Waals surface area contributed by atoms with Crippen LogP contribution in [0.25, 0.3) is 10.8 Å². The lowest BCUT2D eigenvalue weighted by Gasteiger charge is -2.07. The van der Waals surface area contributed by atoms with Gasteiger partial charge in [0.05, 0.1) is 0 Å². The number of hydrogen-bond acceptors (Lipinski definition) is 0. The van der Waals surface area contributed by atoms with E-state index in [1.54, 1.807) is 0 Å². The standard InChI is InChI=1S/C16H15/c1-3-7-13-11-14(8-4-2)16-10-6-5-9-15(16)12-13/h3-6,9-10,12H,1-2,7-8H2. The summed E-state index contributed by atoms with van der Waals surface area (Å²) in [6, 6.07) is 14.0. The van der Waals surface area contributed by atoms with E-state index >= 15 is 0 Å². The molecule has 0 aliphatic carbocycles. The zero-order valence-corrected chi connectivity index (χ0v) is 9.37. The first-order valence-electron chi connectivity index (χ1n) is 5.49. The Hall–Kier alpha value is -1.82. The second-order valence-electron chi connectivity index (χ2n) is 3.85. The molecule has 0 heterocycles. The average Bonchev–Trinajstić information content (AvgIpc) is 2.30. The van der Waals surface area contributed by atoms with Gasteiger partial charge in [-0.25, -0.2) is 0 Å². The van der Waals surface area contributed by atoms with E-state index in [0.717, 1.165) is 12.8 Å². The molecule has 0 unspecified atom stereocenters. The van der Waals surface area contributed by atoms with Crippen LogP contribution in [0.5, 0.6) is 0 Å². The van der Waals surface area contributed by atoms with Gasteiger partial charge >= 0.3 is 0 Å². The highest BCUT2D eigenvalue weighted by atomic mass is 14.1. The molecule has 0 N–H and O–H groups in total. The molecule has 0 atom stereocenters. The zero-order valence-electron chi connectivity index (χ0n) is 9.37. The van der Waals surface area contributed by atoms with Crippen molar-refractivity contribution in [3.63, 3.8) is 0 Å². The minimum atomic E-state index is 0.867. The van der Waals surface area contributed by atoms with Crippen LogP contribution in [-0.2, 0) is 12.8 Å². The molecule has 2 aromatic carbocycles. The lowest BCUT2D eigenvalue weighted by atomic mass is 9.97. The highest BCUT2D eigenvalue weighted by Crippen LogP contribution is 2.21. The molecule has 0 fully saturated rings. The van der Waals surface area contributed by atoms with E-state index in [4.69, 9.17) is 0 Å². The molecule has 79 valence electrons. The maximum absolute atomic E-state index is 3.80. The van der Waals surface area contributed by atoms with Crippen LogP contribution in [0.1, 0.15) is 11.1 Å². The molecule has 16 heavy (non-hydrogen) atoms. The summed E-state index contributed by atoms with van der Waals surface area (Å²) in [5, 5.41) is 2.55. The summed E-state index contributed by atoms with van der Waals surface area (Å²) in [4.78, 5) is 0. The van der Waals surface area contributed by atoms with Crippen LogP contribution in [0.15, 0.2) is 55.6 Å². The van der Waals surface area contributed by atoms with Crippen LogP contribution >= 0.6 is 0 Å². The Balaban J connectivity index is 2.62. The molecule has 0 aromatic heterocycles. The molecule has 1 radical (unpaired) electrons. The Labute approximate surface area is 96.9 Å². The molecule has 2 rings (SSSR count). The minimum absolute atomic E-state index is 0.867. The summed E-state index contributed by atoms with van der Waals surface area (Å²) in [6.45, 7) is 7.57. The number of rotatable bonds is 4. The summed E-state index contributed by atoms with van der Waals surface area (Å²) < 4.78 is 0. The summed E-state index contributed by atoms with van der Waals surface area (Å²) in [5.74, 6) is 0. The van der Waals surface area contributed by atoms with E-state index in [2.05, 4.69) is 49.6 Å². The molecular weight excluding hydrogens is 192 g/mol. The van der Waals surface area contributed by atoms with E-state index in [1.807, 2.05) is 12.2 Å². The molecule has 0 aliphatic rings. The molecule has 0 spiro atoms. The van der Waals surface area contributed by atoms with Crippen LogP contribution in [0.2, 0.25) is 0 Å². The topological polar surface area (TPSA) is 0 Å². The monoisotopic (exact) mass is 207 g/mol. The molecular formula is C16H15. The first-order chi connectivity index (χ1) is 7.85. The van der Waals surface area contributed by atoms with Crippen LogP contribution in [-0.4, -0.2) is 0 Å². The fourth-order valence-corrected chi connectivity index (χ4v) is 1.95. The smallest absolute Gasteiger partial charge is 0.00877 e. The Morgan fingerprint density at radius 2 is 1.81 bits per heavy atom. The zero-order chi connectivity index (χ0) is 11.4. The molecule has 2 aromatic rings. The molecule has 0 amide bonds. The van der Waals surface area contributed by atoms with Crippen molar-refractivity contribution in [2.75, 3.05) is 0 Å². The normalized spacial score (nSPS) is 10.2. The third kappa shape index (κ3) is 2.06. The van der Waals surface area contributed by atoms with Gasteiger partial charge in [-0.2, -0.15) is 0 Å². The first-order valence-corrected chi connectivity index (χ1v) is 5.49. The Bertz CT molecular complexity index is 521. The van der Waals surface area contributed by atoms with E-state index in [1.165, 1.54) is 21.9 Å². The summed E-state index contributed by atoms with van der Waals surface area (Å²) in [6.07, 6.45) is 5.58. The molecule has 0 aliphatic heterocycles. The van der Waals surface area contributed by atoms with Crippen LogP contribution < -0.4 is 0 Å². The van der Waals surface area contributed by atoms with Gasteiger partial charge in [0, 0.05) is 0 Å². The van der Waals surface area contributed by atoms with E-state index in [9.17, 15) is 0 Å². The van der Waals surface area contributed by atoms with Crippen molar-refractivity contribution in [1.82, 2.24) is 0 Å². The van der Waals surface area contributed by atoms with Gasteiger partial charge in [0.15, 0.2) is 0 Å². The fraction of sp³-hybridized carbons (Fsp3) is 0.125. The van der Waals surface area contributed by atoms with Crippen LogP contribution in [0.3, 0.4) is 0 Å². The summed E-state index contributed by atoms with van der Waals surface area (Å²) >= 11 is 0. The maximum atomic E-state index is 3.80. The summed E-state index contributed by atoms with van der Waals surface area (Å²) in [5.41, 5.74) is 2.43. The number of allylic oxidation sites excluding steroid dienone is 2. The third-order valence-corrected chi connectivity index (χ3v) is 2.64. The van der Waals surface area contributed by atoms with Crippen molar-refractivity contribution >= 4 is 10.8 Å². The minimum Gasteiger partial charge on any atom is -0.103 e. The SMILES string of the molecule is C=CCc1[c]c(CC=C)c2ccccc2c1. The second kappa shape index (κ2) is 4.80. The molecule has 0 bridgehead atoms. The maximum Gasteiger partial charge on any atom is -0.00877 e. The van der Waals surface area contributed by atoms with Crippen molar-refractivity contribution < 1.29 is 0 Å². The van der Waals surface area contributed by atoms with Crippen LogP contribution in [0, 0.1) is 6.07 Å². The van der Waals surface area contributed by atoms with Crippen molar-refractivity contribution in [2.24, 2.45) is 0 Å². The Morgan fingerprint density at radius 1 is 1.06 bits per heavy atom. The van der Waals surface area contributed by atoms with Crippen molar-refractivity contribution in [3.8, 4) is 0 Å². The van der Waals surface area contributed by atoms with Gasteiger partial charge in [-0.15, -0.1) is 13.2 Å². The lowest BCUT2D eigenvalue weighted by Crippen LogP contribution is -1.90. The predicted molar refractivity (Wildman–Crippen MR) is 70.6 cm³/mol. The summed E-state index contributed by atoms with van der Waals surface area (Å²) in [7, 11) is 0. The lowest BCUT2D eigenvalue weighted by molar-refractivity contribution is 1.22. The number of benzene rings is 2. The number of hydrogen-bond donors (Lipinski definition) is 0. The average molecular weight is 207 g/mol. The van der Waals surface area contributed by atoms with Gasteiger partial charge < -0.3 is 0 Å². The van der Waals surface area contributed by atoms with E-state index in [-0.39, 0.29) is 0 Å². The predicted octanol–water partition coefficient (Wildman–Crippen LogP) is 4.10. The van der Waals surface area contributed by atoms with Gasteiger partial charge in [0.1, 0.15) is 0 Å². The fourth-order valence-electron chi connectivity index (χ4n) is 1.95. The number of fused-ring (bicyclic) bond motifs is 1. The van der Waals surface area contributed by atoms with Crippen molar-refractivity contribution in [2.45, 2.75) is 12.8 Å². The highest BCUT2D eigenvalue weighted by Gasteiger charge is 2.02. The molecule has 0 nitrogen and oxygen atoms in total. The van der Waals surface area contributed by atoms with Gasteiger partial charge in [-0.3, -0.25) is 0 Å². The van der Waals surface area contributed by atoms with E-state index in [0.29, 0.717) is 0 Å². The highest BCUT2D eigenvalue weighted by molar-refractivity contribution is 5.86. The van der Waals surface area contributed by atoms with Crippen molar-refractivity contribution in [1.29, 1.82) is 0 Å². The van der Waals surface area contributed by atoms with Gasteiger partial charge in [-0.1, -0.05) is 42.5 Å². The first kappa shape index (κ1) is 10.7. The second-order valence-corrected chi connectivity index (χ2v) is 3.85. The van der Waals surface area contributed by atoms with Gasteiger partial charge in [0.25, 0.3) is 0 Å². The molecule has 0 saturated carbocycles. The molecule has 0 heteroatoms.